The predicted molar refractivity (Wildman–Crippen MR) is 166 cm³/mol. The lowest BCUT2D eigenvalue weighted by molar-refractivity contribution is 0.465. The average Bonchev–Trinajstić information content (AvgIpc) is 2.94. The minimum absolute atomic E-state index is 0.0739. The molecule has 4 heteroatoms. The van der Waals surface area contributed by atoms with E-state index in [0.717, 1.165) is 84.5 Å². The first kappa shape index (κ1) is 25.6. The summed E-state index contributed by atoms with van der Waals surface area (Å²) in [6, 6.07) is 11.3. The zero-order valence-corrected chi connectivity index (χ0v) is 23.2. The van der Waals surface area contributed by atoms with Crippen LogP contribution in [0.3, 0.4) is 0 Å². The summed E-state index contributed by atoms with van der Waals surface area (Å²) in [5, 5.41) is 48.1. The molecule has 0 radical (unpaired) electrons. The second kappa shape index (κ2) is 8.92. The van der Waals surface area contributed by atoms with Crippen LogP contribution in [-0.2, 0) is 12.8 Å². The van der Waals surface area contributed by atoms with E-state index in [0.29, 0.717) is 16.7 Å². The Morgan fingerprint density at radius 3 is 1.90 bits per heavy atom. The van der Waals surface area contributed by atoms with Crippen molar-refractivity contribution in [2.24, 2.45) is 0 Å². The van der Waals surface area contributed by atoms with Crippen LogP contribution < -0.4 is 0 Å². The largest absolute Gasteiger partial charge is 0.508 e. The van der Waals surface area contributed by atoms with Gasteiger partial charge in [-0.25, -0.2) is 0 Å². The summed E-state index contributed by atoms with van der Waals surface area (Å²) in [5.41, 5.74) is 9.77. The van der Waals surface area contributed by atoms with Gasteiger partial charge in [-0.1, -0.05) is 43.5 Å². The standard InChI is InChI=1S/C36H32O4/c1-7-21-17(3)32(38)16-29-25(21)11-9-24-20(6)35(39)30(15-28(24)29)34-33-26(22(8-2)19(5)36(34)40)12-10-23-18(4)31(37)14-13-27(23)33/h7-8,10,12-16,37-40H,1-2,9,11H2,3-6H3. The van der Waals surface area contributed by atoms with Gasteiger partial charge in [0.15, 0.2) is 0 Å². The Bertz CT molecular complexity index is 1960. The van der Waals surface area contributed by atoms with Gasteiger partial charge in [-0.3, -0.25) is 0 Å². The molecule has 0 spiro atoms. The fourth-order valence-corrected chi connectivity index (χ4v) is 6.68. The van der Waals surface area contributed by atoms with Crippen LogP contribution in [0.5, 0.6) is 23.0 Å². The number of phenolic OH excluding ortho intramolecular Hbond substituents is 4. The van der Waals surface area contributed by atoms with Crippen LogP contribution in [0.2, 0.25) is 0 Å². The molecule has 5 aromatic rings. The molecule has 0 aromatic heterocycles. The van der Waals surface area contributed by atoms with Crippen LogP contribution in [-0.4, -0.2) is 20.4 Å². The van der Waals surface area contributed by atoms with E-state index in [4.69, 9.17) is 0 Å². The maximum Gasteiger partial charge on any atom is 0.127 e. The number of aryl methyl sites for hydroxylation is 1. The van der Waals surface area contributed by atoms with E-state index in [9.17, 15) is 20.4 Å². The molecule has 0 heterocycles. The zero-order chi connectivity index (χ0) is 28.6. The lowest BCUT2D eigenvalue weighted by Gasteiger charge is -2.27. The molecule has 0 aliphatic heterocycles. The molecule has 1 aliphatic rings. The smallest absolute Gasteiger partial charge is 0.127 e. The topological polar surface area (TPSA) is 80.9 Å². The highest BCUT2D eigenvalue weighted by molar-refractivity contribution is 6.19. The molecular weight excluding hydrogens is 496 g/mol. The van der Waals surface area contributed by atoms with E-state index >= 15 is 0 Å². The summed E-state index contributed by atoms with van der Waals surface area (Å²) >= 11 is 0. The van der Waals surface area contributed by atoms with Crippen molar-refractivity contribution >= 4 is 33.7 Å². The maximum atomic E-state index is 11.8. The van der Waals surface area contributed by atoms with Crippen LogP contribution in [0.1, 0.15) is 44.5 Å². The fraction of sp³-hybridized carbons (Fsp3) is 0.167. The number of phenols is 4. The second-order valence-corrected chi connectivity index (χ2v) is 10.8. The first-order chi connectivity index (χ1) is 19.1. The number of hydrogen-bond acceptors (Lipinski definition) is 4. The Morgan fingerprint density at radius 1 is 0.575 bits per heavy atom. The highest BCUT2D eigenvalue weighted by atomic mass is 16.3. The van der Waals surface area contributed by atoms with Crippen molar-refractivity contribution in [3.8, 4) is 45.3 Å². The van der Waals surface area contributed by atoms with Gasteiger partial charge in [0, 0.05) is 16.5 Å². The van der Waals surface area contributed by atoms with E-state index < -0.39 is 0 Å². The highest BCUT2D eigenvalue weighted by Crippen LogP contribution is 2.52. The van der Waals surface area contributed by atoms with E-state index in [1.807, 2.05) is 58.0 Å². The van der Waals surface area contributed by atoms with Gasteiger partial charge in [-0.05, 0) is 131 Å². The number of hydrogen-bond donors (Lipinski definition) is 4. The molecule has 0 amide bonds. The van der Waals surface area contributed by atoms with Gasteiger partial charge in [0.25, 0.3) is 0 Å². The molecule has 4 nitrogen and oxygen atoms in total. The Kier molecular flexibility index (Phi) is 5.70. The van der Waals surface area contributed by atoms with Gasteiger partial charge in [-0.15, -0.1) is 0 Å². The Balaban J connectivity index is 1.80. The predicted octanol–water partition coefficient (Wildman–Crippen LogP) is 8.77. The molecule has 0 saturated carbocycles. The normalized spacial score (nSPS) is 12.4. The summed E-state index contributed by atoms with van der Waals surface area (Å²) in [6.45, 7) is 15.5. The summed E-state index contributed by atoms with van der Waals surface area (Å²) in [4.78, 5) is 0. The van der Waals surface area contributed by atoms with Gasteiger partial charge in [0.2, 0.25) is 0 Å². The quantitative estimate of drug-likeness (QED) is 0.176. The maximum absolute atomic E-state index is 11.8. The minimum Gasteiger partial charge on any atom is -0.508 e. The summed E-state index contributed by atoms with van der Waals surface area (Å²) < 4.78 is 0. The van der Waals surface area contributed by atoms with Crippen molar-refractivity contribution in [3.05, 3.63) is 94.1 Å². The van der Waals surface area contributed by atoms with Crippen molar-refractivity contribution in [1.82, 2.24) is 0 Å². The second-order valence-electron chi connectivity index (χ2n) is 10.8. The SMILES string of the molecule is C=Cc1c(C)c(O)cc2c1CCc1c-2cc(-c2c(O)c(C)c(C=C)c3ccc4c(C)c(O)ccc4c23)c(O)c1C. The van der Waals surface area contributed by atoms with Gasteiger partial charge >= 0.3 is 0 Å². The lowest BCUT2D eigenvalue weighted by atomic mass is 9.77. The molecule has 0 atom stereocenters. The molecule has 6 rings (SSSR count). The van der Waals surface area contributed by atoms with Gasteiger partial charge in [0.05, 0.1) is 0 Å². The molecule has 1 aliphatic carbocycles. The number of aromatic hydroxyl groups is 4. The Hall–Kier alpha value is -4.70. The van der Waals surface area contributed by atoms with Crippen LogP contribution in [0.4, 0.5) is 0 Å². The molecule has 40 heavy (non-hydrogen) atoms. The summed E-state index contributed by atoms with van der Waals surface area (Å²) in [7, 11) is 0. The molecular formula is C36H32O4. The van der Waals surface area contributed by atoms with Crippen molar-refractivity contribution in [3.63, 3.8) is 0 Å². The first-order valence-corrected chi connectivity index (χ1v) is 13.5. The zero-order valence-electron chi connectivity index (χ0n) is 23.2. The summed E-state index contributed by atoms with van der Waals surface area (Å²) in [5.74, 6) is 0.600. The molecule has 5 aromatic carbocycles. The third kappa shape index (κ3) is 3.32. The van der Waals surface area contributed by atoms with Gasteiger partial charge in [-0.2, -0.15) is 0 Å². The van der Waals surface area contributed by atoms with E-state index in [-0.39, 0.29) is 23.0 Å². The summed E-state index contributed by atoms with van der Waals surface area (Å²) in [6.07, 6.45) is 5.07. The van der Waals surface area contributed by atoms with Crippen molar-refractivity contribution in [2.45, 2.75) is 40.5 Å². The Morgan fingerprint density at radius 2 is 1.20 bits per heavy atom. The lowest BCUT2D eigenvalue weighted by Crippen LogP contribution is -2.09. The number of fused-ring (bicyclic) bond motifs is 6. The van der Waals surface area contributed by atoms with E-state index in [1.54, 1.807) is 18.2 Å². The van der Waals surface area contributed by atoms with Crippen LogP contribution in [0, 0.1) is 27.7 Å². The minimum atomic E-state index is 0.0739. The molecule has 0 bridgehead atoms. The van der Waals surface area contributed by atoms with Crippen LogP contribution >= 0.6 is 0 Å². The molecule has 4 N–H and O–H groups in total. The number of benzene rings is 5. The molecule has 200 valence electrons. The molecule has 0 fully saturated rings. The third-order valence-corrected chi connectivity index (χ3v) is 8.97. The highest BCUT2D eigenvalue weighted by Gasteiger charge is 2.28. The first-order valence-electron chi connectivity index (χ1n) is 13.5. The van der Waals surface area contributed by atoms with Crippen molar-refractivity contribution < 1.29 is 20.4 Å². The van der Waals surface area contributed by atoms with Crippen molar-refractivity contribution in [1.29, 1.82) is 0 Å². The monoisotopic (exact) mass is 528 g/mol. The van der Waals surface area contributed by atoms with Gasteiger partial charge < -0.3 is 20.4 Å². The van der Waals surface area contributed by atoms with Crippen molar-refractivity contribution in [2.75, 3.05) is 0 Å². The number of rotatable bonds is 3. The average molecular weight is 529 g/mol. The third-order valence-electron chi connectivity index (χ3n) is 8.97. The van der Waals surface area contributed by atoms with Crippen LogP contribution in [0.25, 0.3) is 56.0 Å². The van der Waals surface area contributed by atoms with Gasteiger partial charge in [0.1, 0.15) is 23.0 Å². The van der Waals surface area contributed by atoms with E-state index in [2.05, 4.69) is 13.2 Å². The Labute approximate surface area is 233 Å². The van der Waals surface area contributed by atoms with Crippen LogP contribution in [0.15, 0.2) is 49.6 Å². The van der Waals surface area contributed by atoms with E-state index in [1.165, 1.54) is 0 Å². The molecule has 0 unspecified atom stereocenters. The molecule has 0 saturated heterocycles. The fourth-order valence-electron chi connectivity index (χ4n) is 6.68.